The minimum Gasteiger partial charge on any atom is -0.234 e. The summed E-state index contributed by atoms with van der Waals surface area (Å²) in [4.78, 5) is 4.36. The van der Waals surface area contributed by atoms with Crippen LogP contribution in [0.3, 0.4) is 0 Å². The summed E-state index contributed by atoms with van der Waals surface area (Å²) in [6.45, 7) is 0. The lowest BCUT2D eigenvalue weighted by atomic mass is 10.3. The summed E-state index contributed by atoms with van der Waals surface area (Å²) in [5, 5.41) is 1.05. The SMILES string of the molecule is Clc1cc(Br)ccc1N=c1ssc(Cl)c1Cl. The average molecular weight is 376 g/mol. The van der Waals surface area contributed by atoms with Gasteiger partial charge in [-0.05, 0) is 18.2 Å². The summed E-state index contributed by atoms with van der Waals surface area (Å²) < 4.78 is 2.15. The fourth-order valence-electron chi connectivity index (χ4n) is 0.982. The summed E-state index contributed by atoms with van der Waals surface area (Å²) in [5.41, 5.74) is 0.678. The van der Waals surface area contributed by atoms with Crippen LogP contribution in [0.4, 0.5) is 5.69 Å². The number of rotatable bonds is 1. The van der Waals surface area contributed by atoms with Gasteiger partial charge in [0.25, 0.3) is 0 Å². The van der Waals surface area contributed by atoms with Crippen LogP contribution >= 0.6 is 71.4 Å². The molecule has 0 aliphatic rings. The van der Waals surface area contributed by atoms with Gasteiger partial charge in [-0.3, -0.25) is 0 Å². The third kappa shape index (κ3) is 2.81. The number of nitrogens with zero attached hydrogens (tertiary/aromatic N) is 1. The van der Waals surface area contributed by atoms with Crippen molar-refractivity contribution in [3.63, 3.8) is 0 Å². The zero-order valence-electron chi connectivity index (χ0n) is 7.51. The number of halogens is 4. The molecule has 7 heteroatoms. The Labute approximate surface area is 123 Å². The average Bonchev–Trinajstić information content (AvgIpc) is 2.54. The Morgan fingerprint density at radius 3 is 2.44 bits per heavy atom. The van der Waals surface area contributed by atoms with Crippen molar-refractivity contribution in [2.24, 2.45) is 4.99 Å². The van der Waals surface area contributed by atoms with Crippen molar-refractivity contribution in [1.29, 1.82) is 0 Å². The van der Waals surface area contributed by atoms with E-state index in [0.717, 1.165) is 4.47 Å². The first-order chi connectivity index (χ1) is 7.58. The first-order valence-corrected chi connectivity index (χ1v) is 8.09. The van der Waals surface area contributed by atoms with Gasteiger partial charge in [-0.1, -0.05) is 71.4 Å². The minimum atomic E-state index is 0.482. The van der Waals surface area contributed by atoms with Crippen molar-refractivity contribution in [2.45, 2.75) is 0 Å². The number of benzene rings is 1. The van der Waals surface area contributed by atoms with Crippen molar-refractivity contribution in [2.75, 3.05) is 0 Å². The predicted octanol–water partition coefficient (Wildman–Crippen LogP) is 5.76. The van der Waals surface area contributed by atoms with Crippen molar-refractivity contribution >= 4 is 77.1 Å². The van der Waals surface area contributed by atoms with Gasteiger partial charge in [0.2, 0.25) is 0 Å². The molecule has 0 radical (unpaired) electrons. The molecule has 84 valence electrons. The van der Waals surface area contributed by atoms with Gasteiger partial charge < -0.3 is 0 Å². The van der Waals surface area contributed by atoms with Crippen LogP contribution in [0.25, 0.3) is 0 Å². The lowest BCUT2D eigenvalue weighted by Gasteiger charge is -1.97. The summed E-state index contributed by atoms with van der Waals surface area (Å²) in [6, 6.07) is 5.48. The Kier molecular flexibility index (Phi) is 4.32. The molecular weight excluding hydrogens is 373 g/mol. The Balaban J connectivity index is 2.55. The lowest BCUT2D eigenvalue weighted by molar-refractivity contribution is 1.41. The van der Waals surface area contributed by atoms with E-state index in [9.17, 15) is 0 Å². The highest BCUT2D eigenvalue weighted by Crippen LogP contribution is 2.30. The molecule has 16 heavy (non-hydrogen) atoms. The quantitative estimate of drug-likeness (QED) is 0.562. The molecule has 1 nitrogen and oxygen atoms in total. The largest absolute Gasteiger partial charge is 0.234 e. The van der Waals surface area contributed by atoms with Crippen molar-refractivity contribution in [1.82, 2.24) is 0 Å². The highest BCUT2D eigenvalue weighted by Gasteiger charge is 2.05. The molecule has 0 spiro atoms. The molecule has 0 amide bonds. The maximum atomic E-state index is 6.05. The molecule has 1 aromatic carbocycles. The Morgan fingerprint density at radius 2 is 1.88 bits per heavy atom. The summed E-state index contributed by atoms with van der Waals surface area (Å²) in [5.74, 6) is 0. The van der Waals surface area contributed by atoms with Gasteiger partial charge in [-0.25, -0.2) is 4.99 Å². The van der Waals surface area contributed by atoms with Crippen molar-refractivity contribution < 1.29 is 0 Å². The van der Waals surface area contributed by atoms with Gasteiger partial charge in [-0.15, -0.1) is 0 Å². The molecule has 0 fully saturated rings. The first kappa shape index (κ1) is 12.9. The van der Waals surface area contributed by atoms with Gasteiger partial charge in [-0.2, -0.15) is 0 Å². The first-order valence-electron chi connectivity index (χ1n) is 4.02. The molecule has 0 atom stereocenters. The standard InChI is InChI=1S/C9H3BrCl3NS2/c10-4-1-2-6(5(11)3-4)14-9-7(12)8(13)15-16-9/h1-3H. The second-order valence-corrected chi connectivity index (χ2v) is 7.20. The van der Waals surface area contributed by atoms with Gasteiger partial charge in [0, 0.05) is 4.47 Å². The Hall–Kier alpha value is 0.420. The van der Waals surface area contributed by atoms with E-state index < -0.39 is 0 Å². The third-order valence-electron chi connectivity index (χ3n) is 1.69. The normalized spacial score (nSPS) is 12.1. The van der Waals surface area contributed by atoms with E-state index in [1.54, 1.807) is 6.07 Å². The minimum absolute atomic E-state index is 0.482. The zero-order valence-corrected chi connectivity index (χ0v) is 13.0. The molecule has 0 aliphatic heterocycles. The second-order valence-electron chi connectivity index (χ2n) is 2.77. The van der Waals surface area contributed by atoms with Gasteiger partial charge in [0.1, 0.15) is 14.0 Å². The molecule has 1 aromatic heterocycles. The summed E-state index contributed by atoms with van der Waals surface area (Å²) in [7, 11) is 2.81. The van der Waals surface area contributed by atoms with Gasteiger partial charge in [0.15, 0.2) is 0 Å². The van der Waals surface area contributed by atoms with Gasteiger partial charge >= 0.3 is 0 Å². The van der Waals surface area contributed by atoms with Crippen LogP contribution in [0.1, 0.15) is 0 Å². The number of hydrogen-bond donors (Lipinski definition) is 0. The van der Waals surface area contributed by atoms with Crippen LogP contribution in [-0.4, -0.2) is 0 Å². The number of hydrogen-bond acceptors (Lipinski definition) is 3. The Bertz CT molecular complexity index is 591. The monoisotopic (exact) mass is 373 g/mol. The second kappa shape index (κ2) is 5.38. The van der Waals surface area contributed by atoms with E-state index in [0.29, 0.717) is 24.7 Å². The predicted molar refractivity (Wildman–Crippen MR) is 76.6 cm³/mol. The van der Waals surface area contributed by atoms with Crippen LogP contribution in [0.5, 0.6) is 0 Å². The van der Waals surface area contributed by atoms with Crippen LogP contribution in [0.15, 0.2) is 27.7 Å². The lowest BCUT2D eigenvalue weighted by Crippen LogP contribution is -1.91. The van der Waals surface area contributed by atoms with Gasteiger partial charge in [0.05, 0.1) is 10.7 Å². The highest BCUT2D eigenvalue weighted by atomic mass is 79.9. The molecule has 0 saturated heterocycles. The molecular formula is C9H3BrCl3NS2. The smallest absolute Gasteiger partial charge is 0.147 e. The molecule has 0 saturated carbocycles. The maximum Gasteiger partial charge on any atom is 0.147 e. The molecule has 0 unspecified atom stereocenters. The molecule has 2 rings (SSSR count). The van der Waals surface area contributed by atoms with E-state index in [1.165, 1.54) is 20.7 Å². The maximum absolute atomic E-state index is 6.05. The third-order valence-corrected chi connectivity index (χ3v) is 5.98. The van der Waals surface area contributed by atoms with E-state index in [-0.39, 0.29) is 0 Å². The molecule has 0 aliphatic carbocycles. The fourth-order valence-corrected chi connectivity index (χ4v) is 4.44. The Morgan fingerprint density at radius 1 is 1.12 bits per heavy atom. The van der Waals surface area contributed by atoms with E-state index in [1.807, 2.05) is 12.1 Å². The van der Waals surface area contributed by atoms with E-state index in [2.05, 4.69) is 20.9 Å². The van der Waals surface area contributed by atoms with E-state index in [4.69, 9.17) is 34.8 Å². The zero-order chi connectivity index (χ0) is 11.7. The topological polar surface area (TPSA) is 12.4 Å². The van der Waals surface area contributed by atoms with Crippen LogP contribution in [0, 0.1) is 0 Å². The van der Waals surface area contributed by atoms with Crippen LogP contribution < -0.4 is 4.67 Å². The summed E-state index contributed by atoms with van der Waals surface area (Å²) in [6.07, 6.45) is 0. The fraction of sp³-hybridized carbons (Fsp3) is 0. The molecule has 0 bridgehead atoms. The highest BCUT2D eigenvalue weighted by molar-refractivity contribution is 9.10. The van der Waals surface area contributed by atoms with Crippen LogP contribution in [0.2, 0.25) is 14.4 Å². The molecule has 2 aromatic rings. The van der Waals surface area contributed by atoms with Crippen molar-refractivity contribution in [3.8, 4) is 0 Å². The molecule has 0 N–H and O–H groups in total. The summed E-state index contributed by atoms with van der Waals surface area (Å²) >= 11 is 21.2. The van der Waals surface area contributed by atoms with Crippen LogP contribution in [-0.2, 0) is 0 Å². The van der Waals surface area contributed by atoms with E-state index >= 15 is 0 Å². The molecule has 1 heterocycles. The van der Waals surface area contributed by atoms with Crippen molar-refractivity contribution in [3.05, 3.63) is 41.7 Å².